The summed E-state index contributed by atoms with van der Waals surface area (Å²) in [5.41, 5.74) is 3.29. The minimum absolute atomic E-state index is 0.174. The van der Waals surface area contributed by atoms with Crippen LogP contribution in [0.25, 0.3) is 11.0 Å². The van der Waals surface area contributed by atoms with Crippen molar-refractivity contribution >= 4 is 16.9 Å². The minimum atomic E-state index is 0.174. The number of rotatable bonds is 4. The molecule has 7 nitrogen and oxygen atoms in total. The smallest absolute Gasteiger partial charge is 0.224 e. The van der Waals surface area contributed by atoms with Gasteiger partial charge >= 0.3 is 0 Å². The molecule has 25 heavy (non-hydrogen) atoms. The molecule has 1 fully saturated rings. The molecule has 0 unspecified atom stereocenters. The number of fused-ring (bicyclic) bond motifs is 1. The molecule has 1 saturated heterocycles. The van der Waals surface area contributed by atoms with E-state index in [0.717, 1.165) is 42.8 Å². The maximum atomic E-state index is 12.5. The minimum Gasteiger partial charge on any atom is -0.342 e. The van der Waals surface area contributed by atoms with Gasteiger partial charge in [0.2, 0.25) is 5.91 Å². The van der Waals surface area contributed by atoms with Crippen LogP contribution >= 0.6 is 0 Å². The molecule has 3 heterocycles. The first kappa shape index (κ1) is 15.8. The Hall–Kier alpha value is -2.70. The van der Waals surface area contributed by atoms with E-state index in [-0.39, 0.29) is 11.8 Å². The summed E-state index contributed by atoms with van der Waals surface area (Å²) in [5.74, 6) is 1.45. The molecule has 4 rings (SSSR count). The predicted octanol–water partition coefficient (Wildman–Crippen LogP) is 2.26. The summed E-state index contributed by atoms with van der Waals surface area (Å²) in [5, 5.41) is 4.05. The highest BCUT2D eigenvalue weighted by Gasteiger charge is 2.26. The Balaban J connectivity index is 1.44. The Kier molecular flexibility index (Phi) is 4.21. The predicted molar refractivity (Wildman–Crippen MR) is 94.0 cm³/mol. The van der Waals surface area contributed by atoms with E-state index in [2.05, 4.69) is 34.1 Å². The maximum absolute atomic E-state index is 12.5. The van der Waals surface area contributed by atoms with Gasteiger partial charge in [0.05, 0.1) is 17.6 Å². The second-order valence-corrected chi connectivity index (χ2v) is 6.68. The zero-order chi connectivity index (χ0) is 17.2. The lowest BCUT2D eigenvalue weighted by atomic mass is 9.97. The average Bonchev–Trinajstić information content (AvgIpc) is 3.30. The number of imidazole rings is 1. The van der Waals surface area contributed by atoms with E-state index in [1.54, 1.807) is 11.0 Å². The lowest BCUT2D eigenvalue weighted by molar-refractivity contribution is -0.132. The first-order valence-electron chi connectivity index (χ1n) is 8.76. The Bertz CT molecular complexity index is 869. The first-order chi connectivity index (χ1) is 12.2. The number of carbonyl (C=O) groups is 1. The van der Waals surface area contributed by atoms with E-state index in [1.165, 1.54) is 11.9 Å². The van der Waals surface area contributed by atoms with Crippen LogP contribution in [0, 0.1) is 6.92 Å². The van der Waals surface area contributed by atoms with Gasteiger partial charge in [-0.05, 0) is 31.4 Å². The quantitative estimate of drug-likeness (QED) is 0.791. The summed E-state index contributed by atoms with van der Waals surface area (Å²) in [6, 6.07) is 6.18. The van der Waals surface area contributed by atoms with Gasteiger partial charge < -0.3 is 9.88 Å². The van der Waals surface area contributed by atoms with Gasteiger partial charge in [0, 0.05) is 25.4 Å². The number of benzene rings is 1. The third-order valence-electron chi connectivity index (χ3n) is 4.91. The number of hydrogen-bond acceptors (Lipinski definition) is 4. The van der Waals surface area contributed by atoms with Gasteiger partial charge in [-0.1, -0.05) is 12.1 Å². The van der Waals surface area contributed by atoms with Crippen molar-refractivity contribution < 1.29 is 4.79 Å². The summed E-state index contributed by atoms with van der Waals surface area (Å²) in [6.07, 6.45) is 5.66. The lowest BCUT2D eigenvalue weighted by Gasteiger charge is -2.32. The number of amides is 1. The molecule has 130 valence electrons. The van der Waals surface area contributed by atoms with Gasteiger partial charge in [-0.3, -0.25) is 9.48 Å². The van der Waals surface area contributed by atoms with Crippen LogP contribution in [0.3, 0.4) is 0 Å². The van der Waals surface area contributed by atoms with E-state index in [1.807, 2.05) is 11.0 Å². The zero-order valence-electron chi connectivity index (χ0n) is 14.4. The number of likely N-dealkylation sites (tertiary alicyclic amines) is 1. The van der Waals surface area contributed by atoms with Crippen molar-refractivity contribution in [3.8, 4) is 0 Å². The molecule has 0 saturated carbocycles. The monoisotopic (exact) mass is 338 g/mol. The maximum Gasteiger partial charge on any atom is 0.224 e. The lowest BCUT2D eigenvalue weighted by Crippen LogP contribution is -2.39. The summed E-state index contributed by atoms with van der Waals surface area (Å²) in [4.78, 5) is 26.6. The fraction of sp³-hybridized carbons (Fsp3) is 0.444. The van der Waals surface area contributed by atoms with Gasteiger partial charge in [-0.15, -0.1) is 0 Å². The molecular formula is C18H22N6O. The van der Waals surface area contributed by atoms with E-state index < -0.39 is 0 Å². The number of carbonyl (C=O) groups excluding carboxylic acids is 1. The van der Waals surface area contributed by atoms with E-state index in [0.29, 0.717) is 13.0 Å². The van der Waals surface area contributed by atoms with Crippen LogP contribution in [-0.2, 0) is 11.3 Å². The molecular weight excluding hydrogens is 316 g/mol. The van der Waals surface area contributed by atoms with Crippen LogP contribution in [0.4, 0.5) is 0 Å². The Morgan fingerprint density at radius 2 is 2.32 bits per heavy atom. The van der Waals surface area contributed by atoms with Crippen molar-refractivity contribution in [1.82, 2.24) is 29.6 Å². The largest absolute Gasteiger partial charge is 0.342 e. The van der Waals surface area contributed by atoms with Crippen molar-refractivity contribution in [2.24, 2.45) is 0 Å². The number of nitrogens with one attached hydrogen (secondary N) is 1. The SMILES string of the molecule is Cc1cccc2[nH]c([C@@H]3CCCN(C(=O)CCn4cncn4)C3)nc12. The third-order valence-corrected chi connectivity index (χ3v) is 4.91. The Labute approximate surface area is 146 Å². The summed E-state index contributed by atoms with van der Waals surface area (Å²) in [6.45, 7) is 4.21. The molecule has 1 aromatic carbocycles. The molecule has 1 N–H and O–H groups in total. The molecule has 1 aliphatic heterocycles. The first-order valence-corrected chi connectivity index (χ1v) is 8.76. The number of aromatic amines is 1. The van der Waals surface area contributed by atoms with E-state index in [4.69, 9.17) is 4.98 Å². The van der Waals surface area contributed by atoms with Crippen LogP contribution in [0.5, 0.6) is 0 Å². The number of hydrogen-bond donors (Lipinski definition) is 1. The molecule has 0 radical (unpaired) electrons. The van der Waals surface area contributed by atoms with Crippen LogP contribution in [0.2, 0.25) is 0 Å². The second-order valence-electron chi connectivity index (χ2n) is 6.68. The van der Waals surface area contributed by atoms with Gasteiger partial charge in [-0.25, -0.2) is 9.97 Å². The molecule has 0 bridgehead atoms. The van der Waals surface area contributed by atoms with Gasteiger partial charge in [-0.2, -0.15) is 5.10 Å². The van der Waals surface area contributed by atoms with E-state index in [9.17, 15) is 4.79 Å². The number of para-hydroxylation sites is 1. The van der Waals surface area contributed by atoms with Gasteiger partial charge in [0.1, 0.15) is 18.5 Å². The van der Waals surface area contributed by atoms with Gasteiger partial charge in [0.15, 0.2) is 0 Å². The van der Waals surface area contributed by atoms with Crippen LogP contribution in [-0.4, -0.2) is 48.6 Å². The number of nitrogens with zero attached hydrogens (tertiary/aromatic N) is 5. The topological polar surface area (TPSA) is 79.7 Å². The van der Waals surface area contributed by atoms with Gasteiger partial charge in [0.25, 0.3) is 0 Å². The number of aryl methyl sites for hydroxylation is 2. The number of piperidine rings is 1. The Morgan fingerprint density at radius 3 is 3.12 bits per heavy atom. The molecule has 0 spiro atoms. The van der Waals surface area contributed by atoms with E-state index >= 15 is 0 Å². The molecule has 7 heteroatoms. The third kappa shape index (κ3) is 3.26. The average molecular weight is 338 g/mol. The van der Waals surface area contributed by atoms with Crippen LogP contribution < -0.4 is 0 Å². The molecule has 2 aromatic heterocycles. The normalized spacial score (nSPS) is 18.0. The standard InChI is InChI=1S/C18H22N6O/c1-13-4-2-6-15-17(13)22-18(21-15)14-5-3-8-23(10-14)16(25)7-9-24-12-19-11-20-24/h2,4,6,11-12,14H,3,5,7-10H2,1H3,(H,21,22)/t14-/m1/s1. The zero-order valence-corrected chi connectivity index (χ0v) is 14.4. The summed E-state index contributed by atoms with van der Waals surface area (Å²) in [7, 11) is 0. The highest BCUT2D eigenvalue weighted by molar-refractivity contribution is 5.79. The molecule has 0 aliphatic carbocycles. The van der Waals surface area contributed by atoms with Crippen molar-refractivity contribution in [2.45, 2.75) is 38.6 Å². The second kappa shape index (κ2) is 6.66. The molecule has 1 atom stereocenters. The number of aromatic nitrogens is 5. The summed E-state index contributed by atoms with van der Waals surface area (Å²) >= 11 is 0. The highest BCUT2D eigenvalue weighted by Crippen LogP contribution is 2.27. The van der Waals surface area contributed by atoms with Crippen molar-refractivity contribution in [1.29, 1.82) is 0 Å². The molecule has 1 amide bonds. The van der Waals surface area contributed by atoms with Crippen LogP contribution in [0.1, 0.15) is 36.6 Å². The van der Waals surface area contributed by atoms with Crippen molar-refractivity contribution in [3.05, 3.63) is 42.2 Å². The molecule has 3 aromatic rings. The van der Waals surface area contributed by atoms with Crippen molar-refractivity contribution in [2.75, 3.05) is 13.1 Å². The fourth-order valence-corrected chi connectivity index (χ4v) is 3.53. The molecule has 1 aliphatic rings. The summed E-state index contributed by atoms with van der Waals surface area (Å²) < 4.78 is 1.70. The highest BCUT2D eigenvalue weighted by atomic mass is 16.2. The fourth-order valence-electron chi connectivity index (χ4n) is 3.53. The number of H-pyrrole nitrogens is 1. The Morgan fingerprint density at radius 1 is 1.40 bits per heavy atom. The van der Waals surface area contributed by atoms with Crippen LogP contribution in [0.15, 0.2) is 30.9 Å². The van der Waals surface area contributed by atoms with Crippen molar-refractivity contribution in [3.63, 3.8) is 0 Å².